The number of alkyl halides is 2. The minimum Gasteiger partial charge on any atom is -0.460 e. The molecule has 0 radical (unpaired) electrons. The number of pyridine rings is 2. The van der Waals surface area contributed by atoms with Gasteiger partial charge in [0.15, 0.2) is 0 Å². The zero-order chi connectivity index (χ0) is 19.1. The highest BCUT2D eigenvalue weighted by molar-refractivity contribution is 9.10. The second-order valence-electron chi connectivity index (χ2n) is 5.55. The molecule has 2 rings (SSSR count). The maximum atomic E-state index is 11.5. The highest BCUT2D eigenvalue weighted by Gasteiger charge is 2.12. The summed E-state index contributed by atoms with van der Waals surface area (Å²) in [5.41, 5.74) is 2.91. The molecular formula is C18H18Br2N2O4. The van der Waals surface area contributed by atoms with Crippen LogP contribution in [-0.2, 0) is 32.3 Å². The molecule has 0 N–H and O–H groups in total. The molecule has 0 aliphatic rings. The Labute approximate surface area is 168 Å². The van der Waals surface area contributed by atoms with Crippen LogP contribution in [0, 0.1) is 0 Å². The van der Waals surface area contributed by atoms with Gasteiger partial charge in [0.05, 0.1) is 11.4 Å². The number of hydrogen-bond acceptors (Lipinski definition) is 6. The molecule has 0 saturated heterocycles. The number of rotatable bonds is 7. The van der Waals surface area contributed by atoms with Gasteiger partial charge in [-0.1, -0.05) is 31.9 Å². The van der Waals surface area contributed by atoms with Crippen molar-refractivity contribution >= 4 is 43.8 Å². The number of carbonyl (C=O) groups is 2. The number of halogens is 2. The molecule has 2 heterocycles. The van der Waals surface area contributed by atoms with E-state index in [4.69, 9.17) is 9.47 Å². The van der Waals surface area contributed by atoms with Gasteiger partial charge in [0, 0.05) is 12.4 Å². The van der Waals surface area contributed by atoms with Crippen molar-refractivity contribution in [2.45, 2.75) is 36.7 Å². The number of esters is 2. The van der Waals surface area contributed by atoms with Crippen molar-refractivity contribution in [2.24, 2.45) is 0 Å². The molecule has 2 aromatic heterocycles. The summed E-state index contributed by atoms with van der Waals surface area (Å²) in [7, 11) is 0. The largest absolute Gasteiger partial charge is 0.460 e. The van der Waals surface area contributed by atoms with Crippen molar-refractivity contribution in [2.75, 3.05) is 0 Å². The molecular weight excluding hydrogens is 468 g/mol. The van der Waals surface area contributed by atoms with Crippen molar-refractivity contribution in [1.82, 2.24) is 9.97 Å². The standard InChI is InChI=1S/C18H18Br2N2O4/c1-11(19)17(23)25-9-13-3-5-21-15(7-13)16-8-14(4-6-22-16)10-26-18(24)12(2)20/h3-8,11-12H,9-10H2,1-2H3. The fraction of sp³-hybridized carbons (Fsp3) is 0.333. The van der Waals surface area contributed by atoms with Gasteiger partial charge in [0.2, 0.25) is 0 Å². The van der Waals surface area contributed by atoms with Gasteiger partial charge in [-0.3, -0.25) is 19.6 Å². The van der Waals surface area contributed by atoms with Crippen LogP contribution in [-0.4, -0.2) is 31.6 Å². The molecule has 0 saturated carbocycles. The van der Waals surface area contributed by atoms with Crippen molar-refractivity contribution in [1.29, 1.82) is 0 Å². The van der Waals surface area contributed by atoms with E-state index in [1.165, 1.54) is 0 Å². The van der Waals surface area contributed by atoms with Crippen LogP contribution >= 0.6 is 31.9 Å². The number of ether oxygens (including phenoxy) is 2. The second-order valence-corrected chi connectivity index (χ2v) is 8.29. The highest BCUT2D eigenvalue weighted by atomic mass is 79.9. The van der Waals surface area contributed by atoms with E-state index >= 15 is 0 Å². The van der Waals surface area contributed by atoms with Gasteiger partial charge in [-0.25, -0.2) is 0 Å². The first-order valence-corrected chi connectivity index (χ1v) is 9.71. The van der Waals surface area contributed by atoms with Crippen molar-refractivity contribution in [3.63, 3.8) is 0 Å². The first kappa shape index (κ1) is 20.5. The maximum absolute atomic E-state index is 11.5. The molecule has 2 unspecified atom stereocenters. The predicted molar refractivity (Wildman–Crippen MR) is 104 cm³/mol. The lowest BCUT2D eigenvalue weighted by Gasteiger charge is -2.09. The Hall–Kier alpha value is -1.80. The monoisotopic (exact) mass is 484 g/mol. The van der Waals surface area contributed by atoms with Gasteiger partial charge in [-0.05, 0) is 49.2 Å². The summed E-state index contributed by atoms with van der Waals surface area (Å²) < 4.78 is 10.4. The quantitative estimate of drug-likeness (QED) is 0.438. The van der Waals surface area contributed by atoms with E-state index < -0.39 is 0 Å². The predicted octanol–water partition coefficient (Wildman–Crippen LogP) is 3.80. The fourth-order valence-corrected chi connectivity index (χ4v) is 2.21. The third kappa shape index (κ3) is 6.17. The second kappa shape index (κ2) is 9.78. The minimum atomic E-state index is -0.355. The van der Waals surface area contributed by atoms with Gasteiger partial charge in [-0.2, -0.15) is 0 Å². The fourth-order valence-electron chi connectivity index (χ4n) is 1.95. The third-order valence-electron chi connectivity index (χ3n) is 3.32. The third-order valence-corrected chi connectivity index (χ3v) is 4.07. The van der Waals surface area contributed by atoms with E-state index in [0.717, 1.165) is 11.1 Å². The highest BCUT2D eigenvalue weighted by Crippen LogP contribution is 2.18. The Morgan fingerprint density at radius 2 is 1.27 bits per heavy atom. The molecule has 0 spiro atoms. The average Bonchev–Trinajstić information content (AvgIpc) is 2.64. The molecule has 0 aromatic carbocycles. The normalized spacial score (nSPS) is 12.9. The summed E-state index contributed by atoms with van der Waals surface area (Å²) >= 11 is 6.34. The molecule has 0 bridgehead atoms. The summed E-state index contributed by atoms with van der Waals surface area (Å²) in [4.78, 5) is 31.0. The van der Waals surface area contributed by atoms with Crippen LogP contribution in [0.5, 0.6) is 0 Å². The Kier molecular flexibility index (Phi) is 7.71. The summed E-state index contributed by atoms with van der Waals surface area (Å²) in [6, 6.07) is 7.17. The first-order chi connectivity index (χ1) is 12.4. The van der Waals surface area contributed by atoms with Gasteiger partial charge < -0.3 is 9.47 Å². The Morgan fingerprint density at radius 1 is 0.885 bits per heavy atom. The summed E-state index contributed by atoms with van der Waals surface area (Å²) in [5.74, 6) is -0.655. The van der Waals surface area contributed by atoms with Crippen LogP contribution in [0.4, 0.5) is 0 Å². The van der Waals surface area contributed by atoms with Crippen LogP contribution < -0.4 is 0 Å². The molecule has 0 fully saturated rings. The van der Waals surface area contributed by atoms with Gasteiger partial charge in [0.1, 0.15) is 22.9 Å². The van der Waals surface area contributed by atoms with E-state index in [9.17, 15) is 9.59 Å². The lowest BCUT2D eigenvalue weighted by molar-refractivity contribution is -0.144. The Balaban J connectivity index is 2.08. The van der Waals surface area contributed by atoms with E-state index in [1.54, 1.807) is 38.4 Å². The number of hydrogen-bond donors (Lipinski definition) is 0. The van der Waals surface area contributed by atoms with Crippen LogP contribution in [0.1, 0.15) is 25.0 Å². The molecule has 2 aromatic rings. The van der Waals surface area contributed by atoms with Crippen LogP contribution in [0.15, 0.2) is 36.7 Å². The van der Waals surface area contributed by atoms with Gasteiger partial charge >= 0.3 is 11.9 Å². The lowest BCUT2D eigenvalue weighted by atomic mass is 10.1. The molecule has 2 atom stereocenters. The van der Waals surface area contributed by atoms with E-state index in [-0.39, 0.29) is 34.8 Å². The first-order valence-electron chi connectivity index (χ1n) is 7.88. The molecule has 0 aliphatic carbocycles. The molecule has 0 aliphatic heterocycles. The van der Waals surface area contributed by atoms with E-state index in [2.05, 4.69) is 41.8 Å². The van der Waals surface area contributed by atoms with E-state index in [1.807, 2.05) is 12.1 Å². The lowest BCUT2D eigenvalue weighted by Crippen LogP contribution is -2.13. The zero-order valence-corrected chi connectivity index (χ0v) is 17.5. The summed E-state index contributed by atoms with van der Waals surface area (Å²) in [6.07, 6.45) is 3.27. The summed E-state index contributed by atoms with van der Waals surface area (Å²) in [6.45, 7) is 3.73. The zero-order valence-electron chi connectivity index (χ0n) is 14.3. The smallest absolute Gasteiger partial charge is 0.319 e. The number of aromatic nitrogens is 2. The summed E-state index contributed by atoms with van der Waals surface area (Å²) in [5, 5.41) is 0. The molecule has 8 heteroatoms. The number of carbonyl (C=O) groups excluding carboxylic acids is 2. The van der Waals surface area contributed by atoms with Crippen molar-refractivity contribution in [3.8, 4) is 11.4 Å². The molecule has 26 heavy (non-hydrogen) atoms. The topological polar surface area (TPSA) is 78.4 Å². The Morgan fingerprint density at radius 3 is 1.62 bits per heavy atom. The number of nitrogens with zero attached hydrogens (tertiary/aromatic N) is 2. The van der Waals surface area contributed by atoms with Crippen molar-refractivity contribution in [3.05, 3.63) is 47.8 Å². The van der Waals surface area contributed by atoms with Gasteiger partial charge in [-0.15, -0.1) is 0 Å². The maximum Gasteiger partial charge on any atom is 0.319 e. The minimum absolute atomic E-state index is 0.157. The van der Waals surface area contributed by atoms with E-state index in [0.29, 0.717) is 11.4 Å². The molecule has 0 amide bonds. The van der Waals surface area contributed by atoms with Crippen LogP contribution in [0.2, 0.25) is 0 Å². The Bertz CT molecular complexity index is 716. The molecule has 6 nitrogen and oxygen atoms in total. The van der Waals surface area contributed by atoms with Crippen molar-refractivity contribution < 1.29 is 19.1 Å². The molecule has 138 valence electrons. The van der Waals surface area contributed by atoms with Crippen LogP contribution in [0.25, 0.3) is 11.4 Å². The van der Waals surface area contributed by atoms with Crippen LogP contribution in [0.3, 0.4) is 0 Å². The van der Waals surface area contributed by atoms with Gasteiger partial charge in [0.25, 0.3) is 0 Å². The SMILES string of the molecule is CC(Br)C(=O)OCc1ccnc(-c2cc(COC(=O)C(C)Br)ccn2)c1. The average molecular weight is 486 g/mol.